The van der Waals surface area contributed by atoms with E-state index in [1.807, 2.05) is 39.0 Å². The second-order valence-corrected chi connectivity index (χ2v) is 4.89. The third kappa shape index (κ3) is 2.92. The number of esters is 1. The summed E-state index contributed by atoms with van der Waals surface area (Å²) in [4.78, 5) is 11.5. The summed E-state index contributed by atoms with van der Waals surface area (Å²) >= 11 is 0. The van der Waals surface area contributed by atoms with Crippen LogP contribution in [-0.4, -0.2) is 24.9 Å². The summed E-state index contributed by atoms with van der Waals surface area (Å²) in [7, 11) is 1.38. The Labute approximate surface area is 112 Å². The molecule has 1 aromatic rings. The third-order valence-electron chi connectivity index (χ3n) is 2.89. The minimum atomic E-state index is -0.645. The zero-order valence-corrected chi connectivity index (χ0v) is 11.6. The lowest BCUT2D eigenvalue weighted by atomic mass is 10.2. The highest BCUT2D eigenvalue weighted by Gasteiger charge is 2.31. The molecule has 0 fully saturated rings. The van der Waals surface area contributed by atoms with Crippen LogP contribution in [-0.2, 0) is 9.53 Å². The molecule has 0 spiro atoms. The number of hydrogen-bond donors (Lipinski definition) is 1. The van der Waals surface area contributed by atoms with Crippen molar-refractivity contribution < 1.29 is 19.0 Å². The Morgan fingerprint density at radius 2 is 2.05 bits per heavy atom. The molecule has 104 valence electrons. The summed E-state index contributed by atoms with van der Waals surface area (Å²) in [6, 6.07) is 5.15. The lowest BCUT2D eigenvalue weighted by molar-refractivity contribution is -0.141. The van der Waals surface area contributed by atoms with Crippen LogP contribution in [0.2, 0.25) is 0 Å². The van der Waals surface area contributed by atoms with Crippen LogP contribution in [0.4, 0.5) is 5.69 Å². The molecule has 1 atom stereocenters. The molecule has 5 heteroatoms. The van der Waals surface area contributed by atoms with Gasteiger partial charge < -0.3 is 19.5 Å². The molecule has 1 aliphatic heterocycles. The average molecular weight is 265 g/mol. The molecule has 0 aromatic heterocycles. The number of nitrogens with one attached hydrogen (secondary N) is 1. The van der Waals surface area contributed by atoms with Gasteiger partial charge in [-0.2, -0.15) is 0 Å². The molecule has 1 N–H and O–H groups in total. The number of methoxy groups -OCH3 is 1. The van der Waals surface area contributed by atoms with E-state index in [-0.39, 0.29) is 12.0 Å². The number of rotatable bonds is 4. The Balaban J connectivity index is 2.14. The van der Waals surface area contributed by atoms with Crippen molar-refractivity contribution in [3.8, 4) is 11.5 Å². The maximum absolute atomic E-state index is 11.5. The van der Waals surface area contributed by atoms with Gasteiger partial charge in [-0.1, -0.05) is 6.92 Å². The molecule has 0 bridgehead atoms. The zero-order valence-electron chi connectivity index (χ0n) is 11.6. The average Bonchev–Trinajstić information content (AvgIpc) is 2.68. The Kier molecular flexibility index (Phi) is 3.55. The van der Waals surface area contributed by atoms with E-state index in [1.54, 1.807) is 0 Å². The molecule has 5 nitrogen and oxygen atoms in total. The first-order valence-electron chi connectivity index (χ1n) is 6.31. The van der Waals surface area contributed by atoms with Gasteiger partial charge in [-0.25, -0.2) is 4.79 Å². The molecule has 0 saturated carbocycles. The molecule has 1 aliphatic rings. The van der Waals surface area contributed by atoms with Crippen molar-refractivity contribution in [2.24, 2.45) is 0 Å². The molecule has 1 heterocycles. The Bertz CT molecular complexity index is 484. The van der Waals surface area contributed by atoms with E-state index >= 15 is 0 Å². The van der Waals surface area contributed by atoms with E-state index in [9.17, 15) is 4.79 Å². The minimum Gasteiger partial charge on any atom is -0.467 e. The monoisotopic (exact) mass is 265 g/mol. The largest absolute Gasteiger partial charge is 0.467 e. The molecule has 19 heavy (non-hydrogen) atoms. The maximum atomic E-state index is 11.5. The zero-order chi connectivity index (χ0) is 14.0. The van der Waals surface area contributed by atoms with Crippen molar-refractivity contribution in [3.63, 3.8) is 0 Å². The van der Waals surface area contributed by atoms with E-state index in [2.05, 4.69) is 5.32 Å². The molecule has 2 rings (SSSR count). The molecule has 0 radical (unpaired) electrons. The number of carbonyl (C=O) groups is 1. The van der Waals surface area contributed by atoms with Gasteiger partial charge in [-0.15, -0.1) is 0 Å². The summed E-state index contributed by atoms with van der Waals surface area (Å²) in [6.07, 6.45) is 0.645. The van der Waals surface area contributed by atoms with E-state index in [0.717, 1.165) is 5.69 Å². The first-order valence-corrected chi connectivity index (χ1v) is 6.31. The first-order chi connectivity index (χ1) is 8.95. The SMILES string of the molecule is CCC(Nc1ccc2c(c1)OC(C)(C)O2)C(=O)OC. The van der Waals surface area contributed by atoms with Crippen molar-refractivity contribution in [2.45, 2.75) is 39.0 Å². The van der Waals surface area contributed by atoms with Crippen molar-refractivity contribution in [1.29, 1.82) is 0 Å². The van der Waals surface area contributed by atoms with Crippen LogP contribution in [0, 0.1) is 0 Å². The Morgan fingerprint density at radius 1 is 1.37 bits per heavy atom. The highest BCUT2D eigenvalue weighted by molar-refractivity contribution is 5.79. The molecule has 0 aliphatic carbocycles. The predicted molar refractivity (Wildman–Crippen MR) is 71.5 cm³/mol. The highest BCUT2D eigenvalue weighted by Crippen LogP contribution is 2.40. The van der Waals surface area contributed by atoms with Crippen molar-refractivity contribution in [1.82, 2.24) is 0 Å². The number of hydrogen-bond acceptors (Lipinski definition) is 5. The number of anilines is 1. The maximum Gasteiger partial charge on any atom is 0.328 e. The van der Waals surface area contributed by atoms with Crippen LogP contribution in [0.25, 0.3) is 0 Å². The number of benzene rings is 1. The van der Waals surface area contributed by atoms with Gasteiger partial charge in [0.15, 0.2) is 11.5 Å². The van der Waals surface area contributed by atoms with Crippen LogP contribution in [0.1, 0.15) is 27.2 Å². The van der Waals surface area contributed by atoms with Gasteiger partial charge in [-0.3, -0.25) is 0 Å². The van der Waals surface area contributed by atoms with Gasteiger partial charge in [0, 0.05) is 25.6 Å². The van der Waals surface area contributed by atoms with Gasteiger partial charge in [0.2, 0.25) is 5.79 Å². The summed E-state index contributed by atoms with van der Waals surface area (Å²) in [5.41, 5.74) is 0.803. The standard InChI is InChI=1S/C14H19NO4/c1-5-10(13(16)17-4)15-9-6-7-11-12(8-9)19-14(2,3)18-11/h6-8,10,15H,5H2,1-4H3. The molecular weight excluding hydrogens is 246 g/mol. The summed E-state index contributed by atoms with van der Waals surface area (Å²) < 4.78 is 16.0. The summed E-state index contributed by atoms with van der Waals surface area (Å²) in [5.74, 6) is 0.463. The van der Waals surface area contributed by atoms with E-state index in [4.69, 9.17) is 14.2 Å². The highest BCUT2D eigenvalue weighted by atomic mass is 16.7. The van der Waals surface area contributed by atoms with Crippen LogP contribution >= 0.6 is 0 Å². The smallest absolute Gasteiger partial charge is 0.328 e. The van der Waals surface area contributed by atoms with Crippen molar-refractivity contribution >= 4 is 11.7 Å². The van der Waals surface area contributed by atoms with Gasteiger partial charge in [0.05, 0.1) is 7.11 Å². The fraction of sp³-hybridized carbons (Fsp3) is 0.500. The summed E-state index contributed by atoms with van der Waals surface area (Å²) in [6.45, 7) is 5.62. The summed E-state index contributed by atoms with van der Waals surface area (Å²) in [5, 5.41) is 3.13. The van der Waals surface area contributed by atoms with Gasteiger partial charge >= 0.3 is 5.97 Å². The third-order valence-corrected chi connectivity index (χ3v) is 2.89. The Morgan fingerprint density at radius 3 is 2.68 bits per heavy atom. The van der Waals surface area contributed by atoms with Crippen LogP contribution in [0.3, 0.4) is 0 Å². The lowest BCUT2D eigenvalue weighted by Crippen LogP contribution is -2.30. The molecule has 0 saturated heterocycles. The molecule has 1 unspecified atom stereocenters. The van der Waals surface area contributed by atoms with Crippen LogP contribution in [0.15, 0.2) is 18.2 Å². The number of carbonyl (C=O) groups excluding carboxylic acids is 1. The predicted octanol–water partition coefficient (Wildman–Crippen LogP) is 2.56. The normalized spacial score (nSPS) is 16.8. The number of fused-ring (bicyclic) bond motifs is 1. The molecule has 0 amide bonds. The van der Waals surface area contributed by atoms with Crippen molar-refractivity contribution in [2.75, 3.05) is 12.4 Å². The van der Waals surface area contributed by atoms with E-state index in [0.29, 0.717) is 17.9 Å². The van der Waals surface area contributed by atoms with E-state index in [1.165, 1.54) is 7.11 Å². The van der Waals surface area contributed by atoms with E-state index < -0.39 is 5.79 Å². The topological polar surface area (TPSA) is 56.8 Å². The van der Waals surface area contributed by atoms with Gasteiger partial charge in [-0.05, 0) is 18.6 Å². The van der Waals surface area contributed by atoms with Gasteiger partial charge in [0.1, 0.15) is 6.04 Å². The fourth-order valence-corrected chi connectivity index (χ4v) is 1.98. The second-order valence-electron chi connectivity index (χ2n) is 4.89. The fourth-order valence-electron chi connectivity index (χ4n) is 1.98. The molecular formula is C14H19NO4. The quantitative estimate of drug-likeness (QED) is 0.848. The lowest BCUT2D eigenvalue weighted by Gasteiger charge is -2.16. The van der Waals surface area contributed by atoms with Crippen LogP contribution in [0.5, 0.6) is 11.5 Å². The van der Waals surface area contributed by atoms with Gasteiger partial charge in [0.25, 0.3) is 0 Å². The minimum absolute atomic E-state index is 0.277. The number of ether oxygens (including phenoxy) is 3. The molecule has 1 aromatic carbocycles. The second kappa shape index (κ2) is 4.99. The Hall–Kier alpha value is -1.91. The van der Waals surface area contributed by atoms with Crippen LogP contribution < -0.4 is 14.8 Å². The first kappa shape index (κ1) is 13.5. The van der Waals surface area contributed by atoms with Crippen molar-refractivity contribution in [3.05, 3.63) is 18.2 Å².